The molecule has 0 radical (unpaired) electrons. The van der Waals surface area contributed by atoms with Gasteiger partial charge in [0.25, 0.3) is 0 Å². The number of rotatable bonds is 0. The predicted octanol–water partition coefficient (Wildman–Crippen LogP) is 7.13. The van der Waals surface area contributed by atoms with Crippen LogP contribution in [-0.4, -0.2) is 4.57 Å². The summed E-state index contributed by atoms with van der Waals surface area (Å²) in [6.45, 7) is 0. The van der Waals surface area contributed by atoms with Crippen molar-refractivity contribution in [2.75, 3.05) is 0 Å². The second-order valence-corrected chi connectivity index (χ2v) is 7.43. The minimum Gasteiger partial charge on any atom is -0.455 e. The zero-order chi connectivity index (χ0) is 18.4. The van der Waals surface area contributed by atoms with Crippen molar-refractivity contribution in [3.05, 3.63) is 72.8 Å². The number of hydrogen-bond acceptors (Lipinski definition) is 2. The zero-order valence-corrected chi connectivity index (χ0v) is 15.2. The van der Waals surface area contributed by atoms with E-state index >= 15 is 0 Å². The van der Waals surface area contributed by atoms with Gasteiger partial charge in [-0.1, -0.05) is 36.4 Å². The molecule has 7 rings (SSSR count). The molecule has 4 aromatic carbocycles. The largest absolute Gasteiger partial charge is 0.455 e. The minimum atomic E-state index is 0.863. The van der Waals surface area contributed by atoms with Gasteiger partial charge in [-0.2, -0.15) is 0 Å². The summed E-state index contributed by atoms with van der Waals surface area (Å²) in [6.07, 6.45) is 0. The lowest BCUT2D eigenvalue weighted by atomic mass is 10.1. The summed E-state index contributed by atoms with van der Waals surface area (Å²) in [7, 11) is 2.11. The van der Waals surface area contributed by atoms with E-state index in [4.69, 9.17) is 8.83 Å². The fraction of sp³-hybridized carbons (Fsp3) is 0.0400. The maximum Gasteiger partial charge on any atom is 0.147 e. The second kappa shape index (κ2) is 4.76. The lowest BCUT2D eigenvalue weighted by Crippen LogP contribution is -1.85. The topological polar surface area (TPSA) is 31.2 Å². The Labute approximate surface area is 159 Å². The number of aromatic nitrogens is 1. The fourth-order valence-corrected chi connectivity index (χ4v) is 4.74. The smallest absolute Gasteiger partial charge is 0.147 e. The molecule has 0 aliphatic rings. The Kier molecular flexibility index (Phi) is 2.44. The summed E-state index contributed by atoms with van der Waals surface area (Å²) in [5.74, 6) is 0. The van der Waals surface area contributed by atoms with Gasteiger partial charge >= 0.3 is 0 Å². The highest BCUT2D eigenvalue weighted by Gasteiger charge is 2.19. The number of furan rings is 2. The van der Waals surface area contributed by atoms with Gasteiger partial charge in [-0.25, -0.2) is 0 Å². The van der Waals surface area contributed by atoms with Crippen LogP contribution in [0, 0.1) is 0 Å². The molecule has 0 N–H and O–H groups in total. The van der Waals surface area contributed by atoms with Crippen LogP contribution in [0.15, 0.2) is 81.6 Å². The van der Waals surface area contributed by atoms with Gasteiger partial charge in [-0.05, 0) is 36.4 Å². The first-order valence-electron chi connectivity index (χ1n) is 9.44. The van der Waals surface area contributed by atoms with Gasteiger partial charge in [0.2, 0.25) is 0 Å². The lowest BCUT2D eigenvalue weighted by molar-refractivity contribution is 0.665. The van der Waals surface area contributed by atoms with Gasteiger partial charge in [0.1, 0.15) is 22.3 Å². The van der Waals surface area contributed by atoms with Gasteiger partial charge in [0.15, 0.2) is 0 Å². The Morgan fingerprint density at radius 3 is 2.18 bits per heavy atom. The van der Waals surface area contributed by atoms with Crippen molar-refractivity contribution in [1.29, 1.82) is 0 Å². The van der Waals surface area contributed by atoms with Crippen molar-refractivity contribution >= 4 is 65.7 Å². The standard InChI is InChI=1S/C25H15NO2/c1-26-18-8-4-2-7-16(18)22-19(26)12-10-17-23-21(28-25(17)22)13-11-15-14-6-3-5-9-20(14)27-24(15)23/h2-13H,1H3. The summed E-state index contributed by atoms with van der Waals surface area (Å²) in [6, 6.07) is 25.2. The van der Waals surface area contributed by atoms with Crippen LogP contribution in [-0.2, 0) is 7.05 Å². The molecule has 0 fully saturated rings. The van der Waals surface area contributed by atoms with Crippen LogP contribution in [0.25, 0.3) is 65.7 Å². The molecule has 3 nitrogen and oxygen atoms in total. The summed E-state index contributed by atoms with van der Waals surface area (Å²) >= 11 is 0. The van der Waals surface area contributed by atoms with Crippen LogP contribution in [0.3, 0.4) is 0 Å². The first-order valence-corrected chi connectivity index (χ1v) is 9.44. The van der Waals surface area contributed by atoms with Gasteiger partial charge in [0.05, 0.1) is 16.3 Å². The van der Waals surface area contributed by atoms with E-state index in [9.17, 15) is 0 Å². The molecule has 0 bridgehead atoms. The van der Waals surface area contributed by atoms with Gasteiger partial charge in [0, 0.05) is 34.1 Å². The van der Waals surface area contributed by atoms with Crippen LogP contribution in [0.2, 0.25) is 0 Å². The average molecular weight is 361 g/mol. The minimum absolute atomic E-state index is 0.863. The third-order valence-corrected chi connectivity index (χ3v) is 6.02. The molecule has 7 aromatic rings. The molecule has 0 atom stereocenters. The summed E-state index contributed by atoms with van der Waals surface area (Å²) < 4.78 is 14.9. The molecule has 0 saturated heterocycles. The Morgan fingerprint density at radius 2 is 1.25 bits per heavy atom. The SMILES string of the molecule is Cn1c2ccccc2c2c3oc4ccc5c6ccccc6oc5c4c3ccc21. The molecule has 0 aliphatic heterocycles. The molecule has 0 saturated carbocycles. The summed E-state index contributed by atoms with van der Waals surface area (Å²) in [4.78, 5) is 0. The van der Waals surface area contributed by atoms with E-state index in [2.05, 4.69) is 72.3 Å². The zero-order valence-electron chi connectivity index (χ0n) is 15.2. The fourth-order valence-electron chi connectivity index (χ4n) is 4.74. The highest BCUT2D eigenvalue weighted by Crippen LogP contribution is 2.42. The number of hydrogen-bond donors (Lipinski definition) is 0. The van der Waals surface area contributed by atoms with E-state index in [-0.39, 0.29) is 0 Å². The van der Waals surface area contributed by atoms with Crippen LogP contribution in [0.4, 0.5) is 0 Å². The van der Waals surface area contributed by atoms with E-state index in [0.717, 1.165) is 49.3 Å². The summed E-state index contributed by atoms with van der Waals surface area (Å²) in [5, 5.41) is 6.80. The first kappa shape index (κ1) is 14.4. The molecule has 3 heterocycles. The second-order valence-electron chi connectivity index (χ2n) is 7.43. The van der Waals surface area contributed by atoms with Crippen molar-refractivity contribution < 1.29 is 8.83 Å². The molecular formula is C25H15NO2. The third-order valence-electron chi connectivity index (χ3n) is 6.02. The van der Waals surface area contributed by atoms with Crippen LogP contribution < -0.4 is 0 Å². The molecule has 28 heavy (non-hydrogen) atoms. The van der Waals surface area contributed by atoms with E-state index < -0.39 is 0 Å². The van der Waals surface area contributed by atoms with E-state index in [1.165, 1.54) is 16.4 Å². The third kappa shape index (κ3) is 1.57. The Morgan fingerprint density at radius 1 is 0.536 bits per heavy atom. The van der Waals surface area contributed by atoms with Crippen LogP contribution in [0.5, 0.6) is 0 Å². The molecule has 0 aliphatic carbocycles. The van der Waals surface area contributed by atoms with Crippen molar-refractivity contribution in [2.24, 2.45) is 7.05 Å². The van der Waals surface area contributed by atoms with E-state index in [0.29, 0.717) is 0 Å². The molecule has 0 unspecified atom stereocenters. The Bertz CT molecular complexity index is 1730. The maximum atomic E-state index is 6.42. The van der Waals surface area contributed by atoms with Gasteiger partial charge < -0.3 is 13.4 Å². The number of benzene rings is 4. The summed E-state index contributed by atoms with van der Waals surface area (Å²) in [5.41, 5.74) is 5.98. The molecular weight excluding hydrogens is 346 g/mol. The normalized spacial score (nSPS) is 12.5. The Hall–Kier alpha value is -3.72. The quantitative estimate of drug-likeness (QED) is 0.288. The number of nitrogens with zero attached hydrogens (tertiary/aromatic N) is 1. The molecule has 3 aromatic heterocycles. The number of fused-ring (bicyclic) bond motifs is 11. The molecule has 132 valence electrons. The van der Waals surface area contributed by atoms with E-state index in [1.807, 2.05) is 12.1 Å². The number of para-hydroxylation sites is 2. The molecule has 0 amide bonds. The van der Waals surface area contributed by atoms with Crippen LogP contribution in [0.1, 0.15) is 0 Å². The highest BCUT2D eigenvalue weighted by atomic mass is 16.3. The van der Waals surface area contributed by atoms with Crippen molar-refractivity contribution in [1.82, 2.24) is 4.57 Å². The Balaban J connectivity index is 1.77. The monoisotopic (exact) mass is 361 g/mol. The van der Waals surface area contributed by atoms with Crippen molar-refractivity contribution in [2.45, 2.75) is 0 Å². The number of aryl methyl sites for hydroxylation is 1. The van der Waals surface area contributed by atoms with Gasteiger partial charge in [-0.3, -0.25) is 0 Å². The highest BCUT2D eigenvalue weighted by molar-refractivity contribution is 6.28. The average Bonchev–Trinajstić information content (AvgIpc) is 3.38. The maximum absolute atomic E-state index is 6.42. The molecule has 3 heteroatoms. The van der Waals surface area contributed by atoms with E-state index in [1.54, 1.807) is 0 Å². The van der Waals surface area contributed by atoms with Crippen molar-refractivity contribution in [3.8, 4) is 0 Å². The van der Waals surface area contributed by atoms with Gasteiger partial charge in [-0.15, -0.1) is 0 Å². The molecule has 0 spiro atoms. The first-order chi connectivity index (χ1) is 13.8. The van der Waals surface area contributed by atoms with Crippen molar-refractivity contribution in [3.63, 3.8) is 0 Å². The van der Waals surface area contributed by atoms with Crippen LogP contribution >= 0.6 is 0 Å². The lowest BCUT2D eigenvalue weighted by Gasteiger charge is -1.97. The predicted molar refractivity (Wildman–Crippen MR) is 115 cm³/mol.